The summed E-state index contributed by atoms with van der Waals surface area (Å²) in [6.45, 7) is 1.68. The number of para-hydroxylation sites is 1. The number of hydrogen-bond donors (Lipinski definition) is 1. The SMILES string of the molecule is CCOc1ccc(S(=O)(=O)N(CC(=O)Nc2ccc(F)c(F)c2)c2ccccc2)cc1. The van der Waals surface area contributed by atoms with Crippen LogP contribution in [0, 0.1) is 11.6 Å². The second-order valence-electron chi connectivity index (χ2n) is 6.43. The van der Waals surface area contributed by atoms with Gasteiger partial charge in [0, 0.05) is 11.8 Å². The van der Waals surface area contributed by atoms with Crippen LogP contribution in [0.3, 0.4) is 0 Å². The molecule has 0 aliphatic carbocycles. The summed E-state index contributed by atoms with van der Waals surface area (Å²) in [5.41, 5.74) is 0.284. The molecule has 1 N–H and O–H groups in total. The molecule has 1 amide bonds. The highest BCUT2D eigenvalue weighted by molar-refractivity contribution is 7.92. The minimum absolute atomic E-state index is 0.00961. The molecule has 0 heterocycles. The first-order chi connectivity index (χ1) is 14.8. The van der Waals surface area contributed by atoms with Crippen molar-refractivity contribution in [3.63, 3.8) is 0 Å². The van der Waals surface area contributed by atoms with Crippen LogP contribution in [0.2, 0.25) is 0 Å². The molecule has 31 heavy (non-hydrogen) atoms. The number of anilines is 2. The summed E-state index contributed by atoms with van der Waals surface area (Å²) < 4.78 is 59.4. The molecule has 0 saturated carbocycles. The number of hydrogen-bond acceptors (Lipinski definition) is 4. The van der Waals surface area contributed by atoms with Crippen molar-refractivity contribution in [1.29, 1.82) is 0 Å². The van der Waals surface area contributed by atoms with Crippen LogP contribution in [0.4, 0.5) is 20.2 Å². The lowest BCUT2D eigenvalue weighted by atomic mass is 10.3. The molecule has 9 heteroatoms. The van der Waals surface area contributed by atoms with Crippen LogP contribution in [0.1, 0.15) is 6.92 Å². The van der Waals surface area contributed by atoms with Crippen molar-refractivity contribution >= 4 is 27.3 Å². The van der Waals surface area contributed by atoms with Gasteiger partial charge in [0.15, 0.2) is 11.6 Å². The van der Waals surface area contributed by atoms with E-state index in [1.807, 2.05) is 6.92 Å². The molecule has 0 saturated heterocycles. The van der Waals surface area contributed by atoms with E-state index in [1.54, 1.807) is 30.3 Å². The van der Waals surface area contributed by atoms with Crippen LogP contribution in [-0.4, -0.2) is 27.5 Å². The topological polar surface area (TPSA) is 75.7 Å². The lowest BCUT2D eigenvalue weighted by Crippen LogP contribution is -2.38. The molecule has 6 nitrogen and oxygen atoms in total. The Morgan fingerprint density at radius 1 is 0.968 bits per heavy atom. The summed E-state index contributed by atoms with van der Waals surface area (Å²) in [4.78, 5) is 12.5. The van der Waals surface area contributed by atoms with Crippen LogP contribution in [0.25, 0.3) is 0 Å². The van der Waals surface area contributed by atoms with Crippen LogP contribution < -0.4 is 14.4 Å². The average molecular weight is 446 g/mol. The van der Waals surface area contributed by atoms with Crippen molar-refractivity contribution in [2.75, 3.05) is 22.8 Å². The van der Waals surface area contributed by atoms with Crippen LogP contribution >= 0.6 is 0 Å². The Hall–Kier alpha value is -3.46. The van der Waals surface area contributed by atoms with E-state index in [9.17, 15) is 22.0 Å². The Bertz CT molecular complexity index is 1150. The Kier molecular flexibility index (Phi) is 6.86. The highest BCUT2D eigenvalue weighted by atomic mass is 32.2. The standard InChI is InChI=1S/C22H20F2N2O4S/c1-2-30-18-9-11-19(12-10-18)31(28,29)26(17-6-4-3-5-7-17)15-22(27)25-16-8-13-20(23)21(24)14-16/h3-14H,2,15H2,1H3,(H,25,27). The van der Waals surface area contributed by atoms with Gasteiger partial charge in [0.05, 0.1) is 17.2 Å². The average Bonchev–Trinajstić information content (AvgIpc) is 2.76. The smallest absolute Gasteiger partial charge is 0.264 e. The Morgan fingerprint density at radius 3 is 2.26 bits per heavy atom. The van der Waals surface area contributed by atoms with Crippen molar-refractivity contribution in [2.24, 2.45) is 0 Å². The van der Waals surface area contributed by atoms with E-state index in [-0.39, 0.29) is 16.3 Å². The lowest BCUT2D eigenvalue weighted by Gasteiger charge is -2.24. The van der Waals surface area contributed by atoms with E-state index in [2.05, 4.69) is 5.32 Å². The molecule has 162 valence electrons. The fourth-order valence-corrected chi connectivity index (χ4v) is 4.24. The Balaban J connectivity index is 1.89. The predicted octanol–water partition coefficient (Wildman–Crippen LogP) is 4.20. The number of ether oxygens (including phenoxy) is 1. The quantitative estimate of drug-likeness (QED) is 0.563. The number of amides is 1. The van der Waals surface area contributed by atoms with Gasteiger partial charge < -0.3 is 10.1 Å². The number of benzene rings is 3. The number of halogens is 2. The summed E-state index contributed by atoms with van der Waals surface area (Å²) >= 11 is 0. The Labute approximate surface area is 179 Å². The van der Waals surface area contributed by atoms with E-state index >= 15 is 0 Å². The van der Waals surface area contributed by atoms with E-state index < -0.39 is 34.1 Å². The van der Waals surface area contributed by atoms with Gasteiger partial charge in [-0.2, -0.15) is 0 Å². The van der Waals surface area contributed by atoms with Crippen molar-refractivity contribution in [3.8, 4) is 5.75 Å². The number of nitrogens with one attached hydrogen (secondary N) is 1. The number of carbonyl (C=O) groups excluding carboxylic acids is 1. The number of carbonyl (C=O) groups is 1. The van der Waals surface area contributed by atoms with Gasteiger partial charge in [0.25, 0.3) is 10.0 Å². The molecule has 3 aromatic carbocycles. The zero-order valence-corrected chi connectivity index (χ0v) is 17.4. The van der Waals surface area contributed by atoms with Gasteiger partial charge in [0.2, 0.25) is 5.91 Å². The first kappa shape index (κ1) is 22.2. The fourth-order valence-electron chi connectivity index (χ4n) is 2.82. The van der Waals surface area contributed by atoms with Gasteiger partial charge >= 0.3 is 0 Å². The summed E-state index contributed by atoms with van der Waals surface area (Å²) in [6.07, 6.45) is 0. The highest BCUT2D eigenvalue weighted by Gasteiger charge is 2.27. The van der Waals surface area contributed by atoms with E-state index in [1.165, 1.54) is 30.3 Å². The minimum atomic E-state index is -4.11. The van der Waals surface area contributed by atoms with Crippen molar-refractivity contribution in [3.05, 3.63) is 84.4 Å². The van der Waals surface area contributed by atoms with Gasteiger partial charge in [-0.1, -0.05) is 18.2 Å². The second-order valence-corrected chi connectivity index (χ2v) is 8.29. The first-order valence-electron chi connectivity index (χ1n) is 9.37. The first-order valence-corrected chi connectivity index (χ1v) is 10.8. The normalized spacial score (nSPS) is 11.1. The van der Waals surface area contributed by atoms with E-state index in [4.69, 9.17) is 4.74 Å². The highest BCUT2D eigenvalue weighted by Crippen LogP contribution is 2.25. The second kappa shape index (κ2) is 9.57. The van der Waals surface area contributed by atoms with Crippen molar-refractivity contribution in [2.45, 2.75) is 11.8 Å². The van der Waals surface area contributed by atoms with E-state index in [0.717, 1.165) is 16.4 Å². The maximum Gasteiger partial charge on any atom is 0.264 e. The predicted molar refractivity (Wildman–Crippen MR) is 114 cm³/mol. The monoisotopic (exact) mass is 446 g/mol. The van der Waals surface area contributed by atoms with Crippen LogP contribution in [0.15, 0.2) is 77.7 Å². The fraction of sp³-hybridized carbons (Fsp3) is 0.136. The summed E-state index contributed by atoms with van der Waals surface area (Å²) in [7, 11) is -4.11. The third-order valence-corrected chi connectivity index (χ3v) is 6.05. The molecule has 0 unspecified atom stereocenters. The van der Waals surface area contributed by atoms with Gasteiger partial charge in [-0.15, -0.1) is 0 Å². The van der Waals surface area contributed by atoms with Gasteiger partial charge in [-0.05, 0) is 55.5 Å². The molecule has 0 radical (unpaired) electrons. The summed E-state index contributed by atoms with van der Waals surface area (Å²) in [6, 6.07) is 16.8. The van der Waals surface area contributed by atoms with Gasteiger partial charge in [0.1, 0.15) is 12.3 Å². The van der Waals surface area contributed by atoms with Crippen LogP contribution in [-0.2, 0) is 14.8 Å². The van der Waals surface area contributed by atoms with Gasteiger partial charge in [-0.25, -0.2) is 17.2 Å². The zero-order chi connectivity index (χ0) is 22.4. The van der Waals surface area contributed by atoms with Crippen LogP contribution in [0.5, 0.6) is 5.75 Å². The molecule has 0 atom stereocenters. The number of rotatable bonds is 8. The van der Waals surface area contributed by atoms with Crippen molar-refractivity contribution in [1.82, 2.24) is 0 Å². The lowest BCUT2D eigenvalue weighted by molar-refractivity contribution is -0.114. The molecular weight excluding hydrogens is 426 g/mol. The molecule has 0 aliphatic heterocycles. The number of sulfonamides is 1. The van der Waals surface area contributed by atoms with Crippen molar-refractivity contribution < 1.29 is 26.7 Å². The van der Waals surface area contributed by atoms with E-state index in [0.29, 0.717) is 12.4 Å². The molecule has 3 rings (SSSR count). The third kappa shape index (κ3) is 5.37. The summed E-state index contributed by atoms with van der Waals surface area (Å²) in [5.74, 6) is -2.38. The molecule has 0 bridgehead atoms. The summed E-state index contributed by atoms with van der Waals surface area (Å²) in [5, 5.41) is 2.39. The minimum Gasteiger partial charge on any atom is -0.494 e. The number of nitrogens with zero attached hydrogens (tertiary/aromatic N) is 1. The Morgan fingerprint density at radius 2 is 1.65 bits per heavy atom. The third-order valence-electron chi connectivity index (χ3n) is 4.26. The molecule has 3 aromatic rings. The molecular formula is C22H20F2N2O4S. The van der Waals surface area contributed by atoms with Gasteiger partial charge in [-0.3, -0.25) is 9.10 Å². The molecule has 0 aromatic heterocycles. The molecule has 0 fully saturated rings. The molecule has 0 spiro atoms. The molecule has 0 aliphatic rings. The largest absolute Gasteiger partial charge is 0.494 e. The maximum atomic E-state index is 13.4. The zero-order valence-electron chi connectivity index (χ0n) is 16.6. The maximum absolute atomic E-state index is 13.4.